The monoisotopic (exact) mass is 239 g/mol. The molecule has 5 nitrogen and oxygen atoms in total. The van der Waals surface area contributed by atoms with Crippen molar-refractivity contribution in [3.63, 3.8) is 0 Å². The molecule has 0 aromatic carbocycles. The van der Waals surface area contributed by atoms with Crippen LogP contribution in [0.25, 0.3) is 0 Å². The number of nitrogens with zero attached hydrogens (tertiary/aromatic N) is 3. The first-order chi connectivity index (χ1) is 7.91. The lowest BCUT2D eigenvalue weighted by Gasteiger charge is -2.17. The van der Waals surface area contributed by atoms with Gasteiger partial charge in [0.2, 0.25) is 0 Å². The molecule has 17 heavy (non-hydrogen) atoms. The van der Waals surface area contributed by atoms with E-state index in [9.17, 15) is 4.79 Å². The molecule has 0 saturated carbocycles. The van der Waals surface area contributed by atoms with Crippen LogP contribution in [0.5, 0.6) is 0 Å². The standard InChI is InChI=1S/C12H21N3O2/c1-5-7-15-10(11(17)12(2,3)4)9(6-8-16)13-14-15/h16H,5-8H2,1-4H3. The van der Waals surface area contributed by atoms with Gasteiger partial charge in [0.1, 0.15) is 5.69 Å². The van der Waals surface area contributed by atoms with Gasteiger partial charge in [0.05, 0.1) is 5.69 Å². The van der Waals surface area contributed by atoms with Gasteiger partial charge < -0.3 is 5.11 Å². The van der Waals surface area contributed by atoms with Crippen molar-refractivity contribution in [3.05, 3.63) is 11.4 Å². The summed E-state index contributed by atoms with van der Waals surface area (Å²) in [5, 5.41) is 17.0. The maximum Gasteiger partial charge on any atom is 0.188 e. The number of hydrogen-bond acceptors (Lipinski definition) is 4. The third kappa shape index (κ3) is 3.12. The van der Waals surface area contributed by atoms with E-state index in [0.717, 1.165) is 6.42 Å². The summed E-state index contributed by atoms with van der Waals surface area (Å²) >= 11 is 0. The molecule has 1 aromatic heterocycles. The highest BCUT2D eigenvalue weighted by Crippen LogP contribution is 2.22. The first kappa shape index (κ1) is 13.8. The van der Waals surface area contributed by atoms with Crippen molar-refractivity contribution >= 4 is 5.78 Å². The van der Waals surface area contributed by atoms with E-state index in [1.54, 1.807) is 4.68 Å². The molecule has 0 radical (unpaired) electrons. The smallest absolute Gasteiger partial charge is 0.188 e. The topological polar surface area (TPSA) is 68.0 Å². The summed E-state index contributed by atoms with van der Waals surface area (Å²) in [6, 6.07) is 0. The van der Waals surface area contributed by atoms with Crippen LogP contribution in [0.15, 0.2) is 0 Å². The van der Waals surface area contributed by atoms with Crippen LogP contribution < -0.4 is 0 Å². The van der Waals surface area contributed by atoms with E-state index in [1.165, 1.54) is 0 Å². The fraction of sp³-hybridized carbons (Fsp3) is 0.750. The van der Waals surface area contributed by atoms with Gasteiger partial charge in [-0.25, -0.2) is 4.68 Å². The number of carbonyl (C=O) groups excluding carboxylic acids is 1. The van der Waals surface area contributed by atoms with Crippen molar-refractivity contribution in [3.8, 4) is 0 Å². The van der Waals surface area contributed by atoms with E-state index in [1.807, 2.05) is 27.7 Å². The van der Waals surface area contributed by atoms with Crippen molar-refractivity contribution in [2.24, 2.45) is 5.41 Å². The maximum absolute atomic E-state index is 12.3. The quantitative estimate of drug-likeness (QED) is 0.790. The second kappa shape index (κ2) is 5.40. The molecule has 1 N–H and O–H groups in total. The zero-order valence-electron chi connectivity index (χ0n) is 11.0. The fourth-order valence-electron chi connectivity index (χ4n) is 1.60. The second-order valence-corrected chi connectivity index (χ2v) is 5.16. The van der Waals surface area contributed by atoms with E-state index in [4.69, 9.17) is 5.11 Å². The summed E-state index contributed by atoms with van der Waals surface area (Å²) in [6.07, 6.45) is 1.27. The molecule has 0 unspecified atom stereocenters. The number of aromatic nitrogens is 3. The minimum atomic E-state index is -0.461. The average molecular weight is 239 g/mol. The third-order valence-electron chi connectivity index (χ3n) is 2.49. The van der Waals surface area contributed by atoms with E-state index in [2.05, 4.69) is 10.3 Å². The van der Waals surface area contributed by atoms with Gasteiger partial charge in [-0.1, -0.05) is 32.9 Å². The van der Waals surface area contributed by atoms with Gasteiger partial charge in [-0.05, 0) is 6.42 Å². The van der Waals surface area contributed by atoms with Crippen LogP contribution in [0.1, 0.15) is 50.3 Å². The van der Waals surface area contributed by atoms with Crippen molar-refractivity contribution in [2.45, 2.75) is 47.1 Å². The molecule has 1 rings (SSSR count). The highest BCUT2D eigenvalue weighted by molar-refractivity contribution is 5.99. The lowest BCUT2D eigenvalue weighted by Crippen LogP contribution is -2.25. The molecule has 0 bridgehead atoms. The Morgan fingerprint density at radius 1 is 1.41 bits per heavy atom. The predicted molar refractivity (Wildman–Crippen MR) is 64.9 cm³/mol. The molecule has 96 valence electrons. The molecule has 5 heteroatoms. The Morgan fingerprint density at radius 3 is 2.53 bits per heavy atom. The van der Waals surface area contributed by atoms with Gasteiger partial charge in [-0.3, -0.25) is 4.79 Å². The molecular weight excluding hydrogens is 218 g/mol. The van der Waals surface area contributed by atoms with Crippen LogP contribution in [0, 0.1) is 5.41 Å². The second-order valence-electron chi connectivity index (χ2n) is 5.16. The Labute approximate surface area is 102 Å². The van der Waals surface area contributed by atoms with E-state index < -0.39 is 5.41 Å². The van der Waals surface area contributed by atoms with Gasteiger partial charge in [0.25, 0.3) is 0 Å². The molecule has 0 amide bonds. The number of aliphatic hydroxyl groups is 1. The number of rotatable bonds is 5. The number of Topliss-reactive ketones (excluding diaryl/α,β-unsaturated/α-hetero) is 1. The molecule has 0 fully saturated rings. The highest BCUT2D eigenvalue weighted by Gasteiger charge is 2.29. The Morgan fingerprint density at radius 2 is 2.06 bits per heavy atom. The summed E-state index contributed by atoms with van der Waals surface area (Å²) < 4.78 is 1.65. The molecular formula is C12H21N3O2. The summed E-state index contributed by atoms with van der Waals surface area (Å²) in [7, 11) is 0. The predicted octanol–water partition coefficient (Wildman–Crippen LogP) is 1.45. The van der Waals surface area contributed by atoms with E-state index in [0.29, 0.717) is 24.4 Å². The number of aliphatic hydroxyl groups excluding tert-OH is 1. The molecule has 0 spiro atoms. The Bertz CT molecular complexity index is 367. The SMILES string of the molecule is CCCn1nnc(CCO)c1C(=O)C(C)(C)C. The molecule has 0 saturated heterocycles. The lowest BCUT2D eigenvalue weighted by molar-refractivity contribution is 0.0845. The van der Waals surface area contributed by atoms with Crippen LogP contribution in [-0.4, -0.2) is 32.5 Å². The molecule has 0 aliphatic rings. The van der Waals surface area contributed by atoms with Gasteiger partial charge >= 0.3 is 0 Å². The zero-order chi connectivity index (χ0) is 13.1. The zero-order valence-corrected chi connectivity index (χ0v) is 11.0. The van der Waals surface area contributed by atoms with Crippen LogP contribution in [0.4, 0.5) is 0 Å². The van der Waals surface area contributed by atoms with Crippen molar-refractivity contribution in [1.82, 2.24) is 15.0 Å². The van der Waals surface area contributed by atoms with Crippen LogP contribution in [0.3, 0.4) is 0 Å². The molecule has 0 aliphatic heterocycles. The van der Waals surface area contributed by atoms with Gasteiger partial charge in [0, 0.05) is 25.0 Å². The number of aryl methyl sites for hydroxylation is 1. The summed E-state index contributed by atoms with van der Waals surface area (Å²) in [4.78, 5) is 12.3. The van der Waals surface area contributed by atoms with Crippen molar-refractivity contribution in [2.75, 3.05) is 6.61 Å². The maximum atomic E-state index is 12.3. The highest BCUT2D eigenvalue weighted by atomic mass is 16.3. The minimum absolute atomic E-state index is 0.0186. The molecule has 1 aromatic rings. The molecule has 0 aliphatic carbocycles. The lowest BCUT2D eigenvalue weighted by atomic mass is 9.88. The van der Waals surface area contributed by atoms with Crippen LogP contribution in [0.2, 0.25) is 0 Å². The molecule has 0 atom stereocenters. The summed E-state index contributed by atoms with van der Waals surface area (Å²) in [6.45, 7) is 8.31. The normalized spacial score (nSPS) is 11.8. The number of ketones is 1. The minimum Gasteiger partial charge on any atom is -0.396 e. The fourth-order valence-corrected chi connectivity index (χ4v) is 1.60. The largest absolute Gasteiger partial charge is 0.396 e. The molecule has 1 heterocycles. The van der Waals surface area contributed by atoms with Gasteiger partial charge in [-0.15, -0.1) is 5.10 Å². The van der Waals surface area contributed by atoms with Gasteiger partial charge in [-0.2, -0.15) is 0 Å². The number of hydrogen-bond donors (Lipinski definition) is 1. The third-order valence-corrected chi connectivity index (χ3v) is 2.49. The van der Waals surface area contributed by atoms with Crippen LogP contribution >= 0.6 is 0 Å². The first-order valence-electron chi connectivity index (χ1n) is 5.99. The average Bonchev–Trinajstić information content (AvgIpc) is 2.60. The number of carbonyl (C=O) groups is 1. The van der Waals surface area contributed by atoms with E-state index >= 15 is 0 Å². The first-order valence-corrected chi connectivity index (χ1v) is 5.99. The van der Waals surface area contributed by atoms with Crippen molar-refractivity contribution < 1.29 is 9.90 Å². The summed E-state index contributed by atoms with van der Waals surface area (Å²) in [5.74, 6) is 0.0272. The van der Waals surface area contributed by atoms with Crippen LogP contribution in [-0.2, 0) is 13.0 Å². The summed E-state index contributed by atoms with van der Waals surface area (Å²) in [5.41, 5.74) is 0.687. The van der Waals surface area contributed by atoms with Gasteiger partial charge in [0.15, 0.2) is 5.78 Å². The van der Waals surface area contributed by atoms with E-state index in [-0.39, 0.29) is 12.4 Å². The van der Waals surface area contributed by atoms with Crippen molar-refractivity contribution in [1.29, 1.82) is 0 Å². The Kier molecular flexibility index (Phi) is 4.40. The Balaban J connectivity index is 3.16. The Hall–Kier alpha value is -1.23.